The number of aromatic nitrogens is 1. The van der Waals surface area contributed by atoms with Crippen LogP contribution < -0.4 is 4.90 Å². The van der Waals surface area contributed by atoms with E-state index in [0.717, 1.165) is 12.8 Å². The molecule has 0 spiro atoms. The standard InChI is InChI=1S/C12H13N3O4/c16-12(17)8-5-7-1-2-9(8)14(7)10-3-4-13-6-11(10)15(18)19/h3-4,6-9H,1-2,5H2,(H,16,17). The molecule has 3 unspecified atom stereocenters. The molecule has 19 heavy (non-hydrogen) atoms. The van der Waals surface area contributed by atoms with Gasteiger partial charge in [0.05, 0.1) is 10.8 Å². The molecule has 100 valence electrons. The third-order valence-electron chi connectivity index (χ3n) is 4.11. The zero-order chi connectivity index (χ0) is 13.6. The number of pyridine rings is 1. The van der Waals surface area contributed by atoms with Crippen molar-refractivity contribution in [2.24, 2.45) is 5.92 Å². The summed E-state index contributed by atoms with van der Waals surface area (Å²) >= 11 is 0. The molecule has 0 saturated carbocycles. The Morgan fingerprint density at radius 1 is 1.53 bits per heavy atom. The predicted octanol–water partition coefficient (Wildman–Crippen LogP) is 1.43. The van der Waals surface area contributed by atoms with Gasteiger partial charge in [0, 0.05) is 18.3 Å². The van der Waals surface area contributed by atoms with Crippen molar-refractivity contribution in [3.63, 3.8) is 0 Å². The lowest BCUT2D eigenvalue weighted by Gasteiger charge is -2.24. The number of aliphatic carboxylic acids is 1. The second-order valence-electron chi connectivity index (χ2n) is 5.01. The van der Waals surface area contributed by atoms with E-state index < -0.39 is 16.8 Å². The zero-order valence-electron chi connectivity index (χ0n) is 10.1. The lowest BCUT2D eigenvalue weighted by molar-refractivity contribution is -0.384. The smallest absolute Gasteiger partial charge is 0.310 e. The topological polar surface area (TPSA) is 96.6 Å². The zero-order valence-corrected chi connectivity index (χ0v) is 10.1. The van der Waals surface area contributed by atoms with Crippen molar-refractivity contribution in [3.8, 4) is 0 Å². The fourth-order valence-electron chi connectivity index (χ4n) is 3.37. The van der Waals surface area contributed by atoms with E-state index in [1.807, 2.05) is 4.90 Å². The van der Waals surface area contributed by atoms with Gasteiger partial charge in [0.2, 0.25) is 0 Å². The molecule has 3 atom stereocenters. The molecule has 2 aliphatic heterocycles. The number of hydrogen-bond acceptors (Lipinski definition) is 5. The van der Waals surface area contributed by atoms with Crippen LogP contribution in [-0.4, -0.2) is 33.1 Å². The van der Waals surface area contributed by atoms with Crippen LogP contribution >= 0.6 is 0 Å². The number of hydrogen-bond donors (Lipinski definition) is 1. The van der Waals surface area contributed by atoms with Crippen LogP contribution in [0, 0.1) is 16.0 Å². The molecule has 1 aromatic heterocycles. The summed E-state index contributed by atoms with van der Waals surface area (Å²) in [7, 11) is 0. The van der Waals surface area contributed by atoms with Gasteiger partial charge in [-0.25, -0.2) is 0 Å². The van der Waals surface area contributed by atoms with Crippen molar-refractivity contribution in [2.45, 2.75) is 31.3 Å². The Kier molecular flexibility index (Phi) is 2.62. The number of carboxylic acids is 1. The minimum absolute atomic E-state index is 0.0505. The Hall–Kier alpha value is -2.18. The maximum atomic E-state index is 11.2. The van der Waals surface area contributed by atoms with Crippen molar-refractivity contribution in [1.82, 2.24) is 4.98 Å². The lowest BCUT2D eigenvalue weighted by atomic mass is 9.89. The van der Waals surface area contributed by atoms with Gasteiger partial charge in [-0.05, 0) is 25.3 Å². The summed E-state index contributed by atoms with van der Waals surface area (Å²) in [4.78, 5) is 27.5. The highest BCUT2D eigenvalue weighted by atomic mass is 16.6. The van der Waals surface area contributed by atoms with E-state index in [0.29, 0.717) is 12.1 Å². The highest BCUT2D eigenvalue weighted by molar-refractivity contribution is 5.75. The van der Waals surface area contributed by atoms with E-state index in [9.17, 15) is 20.0 Å². The molecule has 1 N–H and O–H groups in total. The van der Waals surface area contributed by atoms with Gasteiger partial charge in [-0.15, -0.1) is 0 Å². The monoisotopic (exact) mass is 263 g/mol. The molecular formula is C12H13N3O4. The van der Waals surface area contributed by atoms with Crippen molar-refractivity contribution >= 4 is 17.3 Å². The second kappa shape index (κ2) is 4.18. The molecular weight excluding hydrogens is 250 g/mol. The maximum Gasteiger partial charge on any atom is 0.310 e. The molecule has 1 aromatic rings. The molecule has 0 radical (unpaired) electrons. The third kappa shape index (κ3) is 1.73. The highest BCUT2D eigenvalue weighted by Gasteiger charge is 2.50. The normalized spacial score (nSPS) is 28.6. The molecule has 2 fully saturated rings. The molecule has 7 nitrogen and oxygen atoms in total. The second-order valence-corrected chi connectivity index (χ2v) is 5.01. The molecule has 0 aromatic carbocycles. The van der Waals surface area contributed by atoms with E-state index >= 15 is 0 Å². The van der Waals surface area contributed by atoms with Crippen LogP contribution in [0.4, 0.5) is 11.4 Å². The Morgan fingerprint density at radius 2 is 2.32 bits per heavy atom. The number of nitrogens with zero attached hydrogens (tertiary/aromatic N) is 3. The van der Waals surface area contributed by atoms with Crippen LogP contribution in [0.3, 0.4) is 0 Å². The highest BCUT2D eigenvalue weighted by Crippen LogP contribution is 2.46. The molecule has 3 rings (SSSR count). The van der Waals surface area contributed by atoms with E-state index in [1.54, 1.807) is 6.07 Å². The Bertz CT molecular complexity index is 548. The van der Waals surface area contributed by atoms with Gasteiger partial charge in [0.15, 0.2) is 0 Å². The van der Waals surface area contributed by atoms with Gasteiger partial charge < -0.3 is 10.0 Å². The summed E-state index contributed by atoms with van der Waals surface area (Å²) in [5.41, 5.74) is 0.446. The molecule has 0 aliphatic carbocycles. The third-order valence-corrected chi connectivity index (χ3v) is 4.11. The summed E-state index contributed by atoms with van der Waals surface area (Å²) in [6.07, 6.45) is 4.98. The Balaban J connectivity index is 2.00. The number of nitro groups is 1. The first-order chi connectivity index (χ1) is 9.09. The molecule has 3 heterocycles. The van der Waals surface area contributed by atoms with Gasteiger partial charge in [0.25, 0.3) is 0 Å². The number of carboxylic acid groups (broad SMARTS) is 1. The SMILES string of the molecule is O=C(O)C1CC2CCC1N2c1ccncc1[N+](=O)[O-]. The quantitative estimate of drug-likeness (QED) is 0.654. The van der Waals surface area contributed by atoms with Crippen molar-refractivity contribution in [2.75, 3.05) is 4.90 Å². The molecule has 2 saturated heterocycles. The van der Waals surface area contributed by atoms with Gasteiger partial charge in [-0.3, -0.25) is 19.9 Å². The van der Waals surface area contributed by atoms with Crippen LogP contribution in [0.1, 0.15) is 19.3 Å². The average Bonchev–Trinajstić information content (AvgIpc) is 2.95. The largest absolute Gasteiger partial charge is 0.481 e. The maximum absolute atomic E-state index is 11.2. The summed E-state index contributed by atoms with van der Waals surface area (Å²) in [5, 5.41) is 20.3. The van der Waals surface area contributed by atoms with Gasteiger partial charge in [-0.2, -0.15) is 0 Å². The summed E-state index contributed by atoms with van der Waals surface area (Å²) in [6, 6.07) is 1.56. The first-order valence-corrected chi connectivity index (χ1v) is 6.19. The summed E-state index contributed by atoms with van der Waals surface area (Å²) in [6.45, 7) is 0. The number of rotatable bonds is 3. The minimum Gasteiger partial charge on any atom is -0.481 e. The van der Waals surface area contributed by atoms with Gasteiger partial charge in [0.1, 0.15) is 11.9 Å². The number of anilines is 1. The van der Waals surface area contributed by atoms with Crippen LogP contribution in [0.15, 0.2) is 18.5 Å². The molecule has 0 amide bonds. The van der Waals surface area contributed by atoms with Gasteiger partial charge in [-0.1, -0.05) is 0 Å². The number of carbonyl (C=O) groups is 1. The van der Waals surface area contributed by atoms with E-state index in [-0.39, 0.29) is 17.8 Å². The van der Waals surface area contributed by atoms with E-state index in [2.05, 4.69) is 4.98 Å². The van der Waals surface area contributed by atoms with Gasteiger partial charge >= 0.3 is 11.7 Å². The Morgan fingerprint density at radius 3 is 2.95 bits per heavy atom. The van der Waals surface area contributed by atoms with Crippen molar-refractivity contribution in [3.05, 3.63) is 28.6 Å². The predicted molar refractivity (Wildman–Crippen MR) is 65.9 cm³/mol. The number of fused-ring (bicyclic) bond motifs is 2. The fraction of sp³-hybridized carbons (Fsp3) is 0.500. The first-order valence-electron chi connectivity index (χ1n) is 6.19. The van der Waals surface area contributed by atoms with Crippen LogP contribution in [-0.2, 0) is 4.79 Å². The first kappa shape index (κ1) is 11.9. The van der Waals surface area contributed by atoms with E-state index in [4.69, 9.17) is 0 Å². The van der Waals surface area contributed by atoms with Crippen LogP contribution in [0.5, 0.6) is 0 Å². The summed E-state index contributed by atoms with van der Waals surface area (Å²) < 4.78 is 0. The minimum atomic E-state index is -0.811. The molecule has 7 heteroatoms. The Labute approximate surface area is 109 Å². The van der Waals surface area contributed by atoms with Crippen molar-refractivity contribution < 1.29 is 14.8 Å². The van der Waals surface area contributed by atoms with Crippen LogP contribution in [0.25, 0.3) is 0 Å². The summed E-state index contributed by atoms with van der Waals surface area (Å²) in [5.74, 6) is -1.24. The fourth-order valence-corrected chi connectivity index (χ4v) is 3.37. The molecule has 2 bridgehead atoms. The van der Waals surface area contributed by atoms with Crippen molar-refractivity contribution in [1.29, 1.82) is 0 Å². The van der Waals surface area contributed by atoms with E-state index in [1.165, 1.54) is 12.4 Å². The van der Waals surface area contributed by atoms with Crippen LogP contribution in [0.2, 0.25) is 0 Å². The molecule has 2 aliphatic rings. The lowest BCUT2D eigenvalue weighted by Crippen LogP contribution is -2.33. The average molecular weight is 263 g/mol.